The van der Waals surface area contributed by atoms with Crippen molar-refractivity contribution < 1.29 is 31.1 Å². The molecular weight excluding hydrogens is 643 g/mol. The number of hydrogen-bond acceptors (Lipinski definition) is 6. The monoisotopic (exact) mass is 661 g/mol. The average molecular weight is 661 g/mol. The normalized spacial score (nSPS) is 17.5. The Balaban J connectivity index is 1.61. The van der Waals surface area contributed by atoms with Crippen LogP contribution in [-0.2, 0) is 16.6 Å². The number of anilines is 2. The summed E-state index contributed by atoms with van der Waals surface area (Å²) in [7, 11) is 0. The van der Waals surface area contributed by atoms with Crippen LogP contribution in [0.1, 0.15) is 36.6 Å². The lowest BCUT2D eigenvalue weighted by atomic mass is 9.74. The van der Waals surface area contributed by atoms with Gasteiger partial charge in [-0.25, -0.2) is 19.9 Å². The van der Waals surface area contributed by atoms with Gasteiger partial charge in [0.05, 0.1) is 17.5 Å². The van der Waals surface area contributed by atoms with Gasteiger partial charge in [0.15, 0.2) is 11.5 Å². The number of nitrogens with two attached hydrogens (primary N) is 1. The maximum atomic E-state index is 14.4. The number of carbonyl (C=O) groups excluding carboxylic acids is 1. The zero-order valence-electron chi connectivity index (χ0n) is 20.0. The van der Waals surface area contributed by atoms with Gasteiger partial charge in [-0.2, -0.15) is 26.3 Å². The fourth-order valence-electron chi connectivity index (χ4n) is 4.70. The molecule has 1 atom stereocenters. The molecule has 5 rings (SSSR count). The van der Waals surface area contributed by atoms with E-state index < -0.39 is 42.2 Å². The molecule has 4 heterocycles. The number of carbonyl (C=O) groups is 1. The number of nitrogens with one attached hydrogen (secondary N) is 1. The van der Waals surface area contributed by atoms with Gasteiger partial charge in [-0.3, -0.25) is 9.20 Å². The van der Waals surface area contributed by atoms with E-state index in [0.29, 0.717) is 17.5 Å². The van der Waals surface area contributed by atoms with Crippen LogP contribution in [-0.4, -0.2) is 42.3 Å². The number of aryl methyl sites for hydroxylation is 1. The van der Waals surface area contributed by atoms with Crippen molar-refractivity contribution in [1.29, 1.82) is 0 Å². The molecule has 1 unspecified atom stereocenters. The van der Waals surface area contributed by atoms with E-state index in [1.807, 2.05) is 12.1 Å². The summed E-state index contributed by atoms with van der Waals surface area (Å²) in [5, 5.41) is 2.71. The summed E-state index contributed by atoms with van der Waals surface area (Å²) in [6.45, 7) is 1.81. The fourth-order valence-corrected chi connectivity index (χ4v) is 5.06. The van der Waals surface area contributed by atoms with Gasteiger partial charge in [0.25, 0.3) is 0 Å². The number of amides is 1. The first kappa shape index (κ1) is 27.1. The van der Waals surface area contributed by atoms with Gasteiger partial charge >= 0.3 is 12.1 Å². The Bertz CT molecular complexity index is 1610. The van der Waals surface area contributed by atoms with E-state index in [1.54, 1.807) is 19.1 Å². The first-order chi connectivity index (χ1) is 18.3. The minimum Gasteiger partial charge on any atom is -0.383 e. The molecule has 4 aromatic rings. The average Bonchev–Trinajstić information content (AvgIpc) is 3.39. The highest BCUT2D eigenvalue weighted by Gasteiger charge is 2.56. The summed E-state index contributed by atoms with van der Waals surface area (Å²) < 4.78 is 81.6. The van der Waals surface area contributed by atoms with Crippen LogP contribution in [0, 0.1) is 9.52 Å². The molecule has 0 spiro atoms. The molecule has 3 aromatic heterocycles. The lowest BCUT2D eigenvalue weighted by Crippen LogP contribution is -2.36. The topological polar surface area (TPSA) is 111 Å². The molecule has 1 aliphatic heterocycles. The Morgan fingerprint density at radius 1 is 1.10 bits per heavy atom. The SMILES string of the molecule is CCC1(c2ccc(I)cc2)C(=O)Nc2nc(-c3cn4c(F)cnc4c(CCC(F)(F)C(F)(F)F)n3)nc(N)c21. The first-order valence-electron chi connectivity index (χ1n) is 11.5. The summed E-state index contributed by atoms with van der Waals surface area (Å²) >= 11 is 2.14. The molecule has 0 saturated heterocycles. The van der Waals surface area contributed by atoms with Gasteiger partial charge in [-0.15, -0.1) is 0 Å². The molecule has 0 saturated carbocycles. The molecule has 1 amide bonds. The molecule has 15 heteroatoms. The van der Waals surface area contributed by atoms with Gasteiger partial charge in [0.2, 0.25) is 11.9 Å². The van der Waals surface area contributed by atoms with E-state index in [2.05, 4.69) is 47.8 Å². The standard InChI is InChI=1S/C24H18F6IN7O/c1-2-22(11-3-5-12(31)6-4-11)16-17(32)35-18(36-19(16)37-21(22)39)14-10-38-15(25)9-33-20(38)13(34-14)7-8-23(26,27)24(28,29)30/h3-6,9-10H,2,7-8H2,1H3,(H3,32,35,36,37,39). The smallest absolute Gasteiger partial charge is 0.383 e. The van der Waals surface area contributed by atoms with Crippen LogP contribution < -0.4 is 11.1 Å². The second-order valence-electron chi connectivity index (χ2n) is 8.93. The van der Waals surface area contributed by atoms with Crippen molar-refractivity contribution in [3.05, 3.63) is 63.0 Å². The lowest BCUT2D eigenvalue weighted by molar-refractivity contribution is -0.284. The van der Waals surface area contributed by atoms with Crippen molar-refractivity contribution in [3.8, 4) is 11.5 Å². The van der Waals surface area contributed by atoms with Crippen LogP contribution in [0.15, 0.2) is 36.7 Å². The number of alkyl halides is 5. The van der Waals surface area contributed by atoms with Gasteiger partial charge < -0.3 is 11.1 Å². The van der Waals surface area contributed by atoms with Crippen molar-refractivity contribution in [2.24, 2.45) is 0 Å². The van der Waals surface area contributed by atoms with Crippen LogP contribution in [0.25, 0.3) is 17.2 Å². The van der Waals surface area contributed by atoms with E-state index in [0.717, 1.165) is 20.4 Å². The molecule has 1 aromatic carbocycles. The lowest BCUT2D eigenvalue weighted by Gasteiger charge is -2.27. The van der Waals surface area contributed by atoms with Crippen LogP contribution in [0.2, 0.25) is 0 Å². The van der Waals surface area contributed by atoms with E-state index in [4.69, 9.17) is 5.73 Å². The Morgan fingerprint density at radius 2 is 1.79 bits per heavy atom. The van der Waals surface area contributed by atoms with E-state index in [9.17, 15) is 31.1 Å². The Kier molecular flexibility index (Phi) is 6.46. The quantitative estimate of drug-likeness (QED) is 0.215. The zero-order valence-corrected chi connectivity index (χ0v) is 22.1. The number of nitrogens with zero attached hydrogens (tertiary/aromatic N) is 5. The third-order valence-corrected chi connectivity index (χ3v) is 7.41. The molecule has 1 aliphatic rings. The second kappa shape index (κ2) is 9.31. The molecule has 204 valence electrons. The van der Waals surface area contributed by atoms with Gasteiger partial charge in [0.1, 0.15) is 22.7 Å². The molecular formula is C24H18F6IN7O. The molecule has 39 heavy (non-hydrogen) atoms. The Morgan fingerprint density at radius 3 is 2.44 bits per heavy atom. The number of benzene rings is 1. The van der Waals surface area contributed by atoms with Gasteiger partial charge in [-0.1, -0.05) is 19.1 Å². The summed E-state index contributed by atoms with van der Waals surface area (Å²) in [6, 6.07) is 7.28. The molecule has 0 bridgehead atoms. The third-order valence-electron chi connectivity index (χ3n) is 6.69. The number of halogens is 7. The second-order valence-corrected chi connectivity index (χ2v) is 10.2. The summed E-state index contributed by atoms with van der Waals surface area (Å²) in [4.78, 5) is 29.8. The summed E-state index contributed by atoms with van der Waals surface area (Å²) in [6.07, 6.45) is -6.05. The summed E-state index contributed by atoms with van der Waals surface area (Å²) in [5.74, 6) is -6.49. The number of hydrogen-bond donors (Lipinski definition) is 2. The van der Waals surface area contributed by atoms with E-state index in [1.165, 1.54) is 0 Å². The maximum Gasteiger partial charge on any atom is 0.453 e. The van der Waals surface area contributed by atoms with Crippen molar-refractivity contribution >= 4 is 45.8 Å². The fraction of sp³-hybridized carbons (Fsp3) is 0.292. The Labute approximate surface area is 230 Å². The highest BCUT2D eigenvalue weighted by Crippen LogP contribution is 2.47. The van der Waals surface area contributed by atoms with Gasteiger partial charge in [-0.05, 0) is 53.1 Å². The summed E-state index contributed by atoms with van der Waals surface area (Å²) in [5.41, 5.74) is 5.40. The maximum absolute atomic E-state index is 14.4. The highest BCUT2D eigenvalue weighted by molar-refractivity contribution is 14.1. The van der Waals surface area contributed by atoms with Crippen LogP contribution >= 0.6 is 22.6 Å². The molecule has 0 aliphatic carbocycles. The molecule has 0 radical (unpaired) electrons. The Hall–Kier alpha value is -3.50. The molecule has 0 fully saturated rings. The van der Waals surface area contributed by atoms with Crippen molar-refractivity contribution in [2.75, 3.05) is 11.1 Å². The predicted molar refractivity (Wildman–Crippen MR) is 137 cm³/mol. The van der Waals surface area contributed by atoms with Crippen LogP contribution in [0.4, 0.5) is 38.0 Å². The minimum absolute atomic E-state index is 0.0769. The largest absolute Gasteiger partial charge is 0.453 e. The zero-order chi connectivity index (χ0) is 28.3. The predicted octanol–water partition coefficient (Wildman–Crippen LogP) is 5.29. The number of fused-ring (bicyclic) bond motifs is 2. The van der Waals surface area contributed by atoms with Crippen molar-refractivity contribution in [1.82, 2.24) is 24.3 Å². The van der Waals surface area contributed by atoms with Crippen LogP contribution in [0.3, 0.4) is 0 Å². The van der Waals surface area contributed by atoms with Crippen molar-refractivity contribution in [3.63, 3.8) is 0 Å². The number of rotatable bonds is 6. The van der Waals surface area contributed by atoms with Crippen LogP contribution in [0.5, 0.6) is 0 Å². The number of aromatic nitrogens is 5. The third kappa shape index (κ3) is 4.35. The highest BCUT2D eigenvalue weighted by atomic mass is 127. The molecule has 8 nitrogen and oxygen atoms in total. The molecule has 3 N–H and O–H groups in total. The van der Waals surface area contributed by atoms with E-state index in [-0.39, 0.29) is 34.5 Å². The number of imidazole rings is 1. The first-order valence-corrected chi connectivity index (χ1v) is 12.6. The number of nitrogen functional groups attached to an aromatic ring is 1. The van der Waals surface area contributed by atoms with Crippen molar-refractivity contribution in [2.45, 2.75) is 43.7 Å². The van der Waals surface area contributed by atoms with Gasteiger partial charge in [0, 0.05) is 16.2 Å². The van der Waals surface area contributed by atoms with E-state index >= 15 is 0 Å². The minimum atomic E-state index is -5.76.